The van der Waals surface area contributed by atoms with Gasteiger partial charge in [0.25, 0.3) is 0 Å². The molecule has 3 heteroatoms. The second kappa shape index (κ2) is 5.26. The summed E-state index contributed by atoms with van der Waals surface area (Å²) in [6.45, 7) is 0. The third-order valence-electron chi connectivity index (χ3n) is 3.57. The lowest BCUT2D eigenvalue weighted by Crippen LogP contribution is -1.83. The maximum Gasteiger partial charge on any atom is 0.139 e. The average Bonchev–Trinajstić information content (AvgIpc) is 2.91. The van der Waals surface area contributed by atoms with Gasteiger partial charge in [0.1, 0.15) is 5.65 Å². The zero-order chi connectivity index (χ0) is 14.1. The lowest BCUT2D eigenvalue weighted by Gasteiger charge is -2.01. The van der Waals surface area contributed by atoms with Crippen molar-refractivity contribution in [1.29, 1.82) is 0 Å². The second-order valence-corrected chi connectivity index (χ2v) is 5.99. The van der Waals surface area contributed by atoms with Crippen LogP contribution >= 0.6 is 11.8 Å². The average molecular weight is 290 g/mol. The van der Waals surface area contributed by atoms with Gasteiger partial charge in [0.2, 0.25) is 0 Å². The Hall–Kier alpha value is -2.26. The molecule has 2 aromatic carbocycles. The van der Waals surface area contributed by atoms with Crippen LogP contribution in [0.3, 0.4) is 0 Å². The topological polar surface area (TPSA) is 28.7 Å². The standard InChI is InChI=1S/C18H14N2S/c1-2-6-13(7-3-1)12-21-17-11-10-15-14-8-4-5-9-16(14)19-18(15)20-17/h1-11H,12H2,(H,19,20). The van der Waals surface area contributed by atoms with Crippen LogP contribution in [0.4, 0.5) is 0 Å². The van der Waals surface area contributed by atoms with Gasteiger partial charge in [0.05, 0.1) is 5.03 Å². The maximum absolute atomic E-state index is 4.73. The van der Waals surface area contributed by atoms with Gasteiger partial charge in [-0.1, -0.05) is 48.5 Å². The van der Waals surface area contributed by atoms with Crippen LogP contribution < -0.4 is 0 Å². The molecular formula is C18H14N2S. The molecule has 2 heterocycles. The number of para-hydroxylation sites is 1. The number of aromatic amines is 1. The van der Waals surface area contributed by atoms with E-state index in [4.69, 9.17) is 4.98 Å². The van der Waals surface area contributed by atoms with Gasteiger partial charge in [-0.15, -0.1) is 11.8 Å². The SMILES string of the molecule is c1ccc(CSc2ccc3c(n2)[nH]c2ccccc23)cc1. The molecule has 0 fully saturated rings. The molecule has 0 radical (unpaired) electrons. The van der Waals surface area contributed by atoms with Gasteiger partial charge in [-0.2, -0.15) is 0 Å². The van der Waals surface area contributed by atoms with E-state index in [9.17, 15) is 0 Å². The third kappa shape index (κ3) is 2.41. The number of rotatable bonds is 3. The molecule has 0 atom stereocenters. The van der Waals surface area contributed by atoms with Crippen LogP contribution in [-0.4, -0.2) is 9.97 Å². The van der Waals surface area contributed by atoms with Crippen molar-refractivity contribution in [2.75, 3.05) is 0 Å². The highest BCUT2D eigenvalue weighted by Crippen LogP contribution is 2.27. The fourth-order valence-electron chi connectivity index (χ4n) is 2.52. The molecule has 0 aliphatic rings. The number of H-pyrrole nitrogens is 1. The number of benzene rings is 2. The van der Waals surface area contributed by atoms with E-state index in [1.54, 1.807) is 11.8 Å². The summed E-state index contributed by atoms with van der Waals surface area (Å²) < 4.78 is 0. The van der Waals surface area contributed by atoms with Gasteiger partial charge in [-0.3, -0.25) is 0 Å². The molecule has 2 nitrogen and oxygen atoms in total. The molecule has 102 valence electrons. The van der Waals surface area contributed by atoms with E-state index in [2.05, 4.69) is 59.6 Å². The van der Waals surface area contributed by atoms with E-state index in [0.29, 0.717) is 0 Å². The van der Waals surface area contributed by atoms with Crippen molar-refractivity contribution in [3.63, 3.8) is 0 Å². The Morgan fingerprint density at radius 1 is 0.810 bits per heavy atom. The van der Waals surface area contributed by atoms with Crippen LogP contribution in [0.1, 0.15) is 5.56 Å². The van der Waals surface area contributed by atoms with Crippen LogP contribution in [0.2, 0.25) is 0 Å². The van der Waals surface area contributed by atoms with Gasteiger partial charge in [0, 0.05) is 22.0 Å². The van der Waals surface area contributed by atoms with E-state index < -0.39 is 0 Å². The van der Waals surface area contributed by atoms with E-state index in [1.807, 2.05) is 12.1 Å². The fraction of sp³-hybridized carbons (Fsp3) is 0.0556. The summed E-state index contributed by atoms with van der Waals surface area (Å²) in [5.74, 6) is 0.944. The molecule has 4 aromatic rings. The van der Waals surface area contributed by atoms with E-state index in [1.165, 1.54) is 16.3 Å². The second-order valence-electron chi connectivity index (χ2n) is 4.99. The summed E-state index contributed by atoms with van der Waals surface area (Å²) in [7, 11) is 0. The minimum absolute atomic E-state index is 0.944. The van der Waals surface area contributed by atoms with E-state index in [0.717, 1.165) is 21.9 Å². The highest BCUT2D eigenvalue weighted by Gasteiger charge is 2.06. The molecule has 1 N–H and O–H groups in total. The van der Waals surface area contributed by atoms with Crippen molar-refractivity contribution in [3.8, 4) is 0 Å². The Kier molecular flexibility index (Phi) is 3.13. The summed E-state index contributed by atoms with van der Waals surface area (Å²) in [5.41, 5.74) is 3.43. The Labute approximate surface area is 127 Å². The summed E-state index contributed by atoms with van der Waals surface area (Å²) in [4.78, 5) is 8.13. The molecule has 0 amide bonds. The molecule has 0 aliphatic heterocycles. The number of hydrogen-bond acceptors (Lipinski definition) is 2. The molecule has 0 saturated carbocycles. The maximum atomic E-state index is 4.73. The molecule has 0 aliphatic carbocycles. The van der Waals surface area contributed by atoms with Crippen LogP contribution in [0.25, 0.3) is 21.9 Å². The van der Waals surface area contributed by atoms with Crippen molar-refractivity contribution < 1.29 is 0 Å². The Bertz CT molecular complexity index is 897. The van der Waals surface area contributed by atoms with Gasteiger partial charge in [-0.25, -0.2) is 4.98 Å². The van der Waals surface area contributed by atoms with E-state index in [-0.39, 0.29) is 0 Å². The highest BCUT2D eigenvalue weighted by atomic mass is 32.2. The molecule has 4 rings (SSSR count). The Morgan fingerprint density at radius 2 is 1.62 bits per heavy atom. The molecule has 0 unspecified atom stereocenters. The lowest BCUT2D eigenvalue weighted by atomic mass is 10.2. The zero-order valence-corrected chi connectivity index (χ0v) is 12.2. The Morgan fingerprint density at radius 3 is 2.52 bits per heavy atom. The molecule has 0 bridgehead atoms. The number of nitrogens with zero attached hydrogens (tertiary/aromatic N) is 1. The first-order valence-corrected chi connectivity index (χ1v) is 7.93. The molecule has 21 heavy (non-hydrogen) atoms. The first-order valence-electron chi connectivity index (χ1n) is 6.94. The molecular weight excluding hydrogens is 276 g/mol. The molecule has 0 spiro atoms. The summed E-state index contributed by atoms with van der Waals surface area (Å²) in [5, 5.41) is 3.48. The molecule has 2 aromatic heterocycles. The van der Waals surface area contributed by atoms with Gasteiger partial charge < -0.3 is 4.98 Å². The van der Waals surface area contributed by atoms with Crippen molar-refractivity contribution in [3.05, 3.63) is 72.3 Å². The largest absolute Gasteiger partial charge is 0.339 e. The van der Waals surface area contributed by atoms with Crippen LogP contribution in [0, 0.1) is 0 Å². The number of nitrogens with one attached hydrogen (secondary N) is 1. The summed E-state index contributed by atoms with van der Waals surface area (Å²) in [6, 6.07) is 23.1. The van der Waals surface area contributed by atoms with Crippen molar-refractivity contribution in [2.24, 2.45) is 0 Å². The first-order chi connectivity index (χ1) is 10.4. The lowest BCUT2D eigenvalue weighted by molar-refractivity contribution is 1.16. The van der Waals surface area contributed by atoms with Crippen molar-refractivity contribution in [2.45, 2.75) is 10.8 Å². The third-order valence-corrected chi connectivity index (χ3v) is 4.57. The van der Waals surface area contributed by atoms with Gasteiger partial charge >= 0.3 is 0 Å². The van der Waals surface area contributed by atoms with E-state index >= 15 is 0 Å². The first kappa shape index (κ1) is 12.5. The quantitative estimate of drug-likeness (QED) is 0.537. The van der Waals surface area contributed by atoms with Crippen LogP contribution in [0.15, 0.2) is 71.8 Å². The minimum Gasteiger partial charge on any atom is -0.339 e. The normalized spacial score (nSPS) is 11.2. The van der Waals surface area contributed by atoms with Crippen LogP contribution in [-0.2, 0) is 5.75 Å². The summed E-state index contributed by atoms with van der Waals surface area (Å²) >= 11 is 1.77. The van der Waals surface area contributed by atoms with Crippen LogP contribution in [0.5, 0.6) is 0 Å². The van der Waals surface area contributed by atoms with Gasteiger partial charge in [0.15, 0.2) is 0 Å². The number of hydrogen-bond donors (Lipinski definition) is 1. The molecule has 0 saturated heterocycles. The minimum atomic E-state index is 0.944. The number of aromatic nitrogens is 2. The highest BCUT2D eigenvalue weighted by molar-refractivity contribution is 7.98. The number of thioether (sulfide) groups is 1. The Balaban J connectivity index is 1.66. The monoisotopic (exact) mass is 290 g/mol. The summed E-state index contributed by atoms with van der Waals surface area (Å²) in [6.07, 6.45) is 0. The predicted molar refractivity (Wildman–Crippen MR) is 89.6 cm³/mol. The smallest absolute Gasteiger partial charge is 0.139 e. The van der Waals surface area contributed by atoms with Crippen molar-refractivity contribution in [1.82, 2.24) is 9.97 Å². The van der Waals surface area contributed by atoms with Crippen molar-refractivity contribution >= 4 is 33.7 Å². The zero-order valence-electron chi connectivity index (χ0n) is 11.4. The number of pyridine rings is 1. The predicted octanol–water partition coefficient (Wildman–Crippen LogP) is 5.01. The number of fused-ring (bicyclic) bond motifs is 3. The fourth-order valence-corrected chi connectivity index (χ4v) is 3.35. The van der Waals surface area contributed by atoms with Gasteiger partial charge in [-0.05, 0) is 23.8 Å².